The number of carbonyl (C=O) groups excluding carboxylic acids is 2. The molecule has 1 aromatic heterocycles. The van der Waals surface area contributed by atoms with Crippen LogP contribution in [-0.4, -0.2) is 51.3 Å². The lowest BCUT2D eigenvalue weighted by molar-refractivity contribution is -0.133. The fraction of sp³-hybridized carbons (Fsp3) is 0.192. The molecule has 0 radical (unpaired) electrons. The lowest BCUT2D eigenvalue weighted by Crippen LogP contribution is -2.56. The Kier molecular flexibility index (Phi) is 7.99. The number of carbonyl (C=O) groups is 3. The van der Waals surface area contributed by atoms with Crippen molar-refractivity contribution in [3.63, 3.8) is 0 Å². The molecule has 0 bridgehead atoms. The third-order valence-corrected chi connectivity index (χ3v) is 5.68. The molecule has 1 atom stereocenters. The Morgan fingerprint density at radius 2 is 1.84 bits per heavy atom. The zero-order chi connectivity index (χ0) is 26.4. The molecule has 2 amide bonds. The second-order valence-electron chi connectivity index (χ2n) is 8.11. The second kappa shape index (κ2) is 11.5. The van der Waals surface area contributed by atoms with Crippen LogP contribution >= 0.6 is 11.6 Å². The first kappa shape index (κ1) is 25.6. The molecular weight excluding hydrogens is 498 g/mol. The number of nitrogens with one attached hydrogen (secondary N) is 2. The van der Waals surface area contributed by atoms with Crippen molar-refractivity contribution < 1.29 is 24.2 Å². The van der Waals surface area contributed by atoms with Gasteiger partial charge in [-0.3, -0.25) is 14.5 Å². The number of halogens is 1. The van der Waals surface area contributed by atoms with Crippen molar-refractivity contribution in [3.8, 4) is 11.6 Å². The van der Waals surface area contributed by atoms with E-state index in [4.69, 9.17) is 21.4 Å². The number of aromatic nitrogens is 1. The molecule has 11 heteroatoms. The van der Waals surface area contributed by atoms with E-state index in [1.54, 1.807) is 55.5 Å². The number of nitrogens with zero attached hydrogens (tertiary/aromatic N) is 3. The molecule has 1 unspecified atom stereocenters. The van der Waals surface area contributed by atoms with Crippen LogP contribution < -0.4 is 15.4 Å². The summed E-state index contributed by atoms with van der Waals surface area (Å²) in [6.45, 7) is 2.06. The first-order valence-corrected chi connectivity index (χ1v) is 11.8. The lowest BCUT2D eigenvalue weighted by Gasteiger charge is -2.32. The predicted molar refractivity (Wildman–Crippen MR) is 138 cm³/mol. The third-order valence-electron chi connectivity index (χ3n) is 5.43. The van der Waals surface area contributed by atoms with Crippen LogP contribution in [0.15, 0.2) is 71.7 Å². The van der Waals surface area contributed by atoms with Gasteiger partial charge in [-0.05, 0) is 48.0 Å². The van der Waals surface area contributed by atoms with Gasteiger partial charge < -0.3 is 20.5 Å². The number of hydrogen-bond donors (Lipinski definition) is 3. The molecule has 3 aromatic rings. The maximum Gasteiger partial charge on any atom is 0.354 e. The van der Waals surface area contributed by atoms with Gasteiger partial charge in [0.25, 0.3) is 5.91 Å². The van der Waals surface area contributed by atoms with Crippen LogP contribution in [0.25, 0.3) is 0 Å². The number of aromatic carboxylic acids is 1. The molecular formula is C26H24ClN5O5. The molecule has 10 nitrogen and oxygen atoms in total. The molecule has 4 rings (SSSR count). The van der Waals surface area contributed by atoms with Crippen molar-refractivity contribution in [1.82, 2.24) is 15.2 Å². The van der Waals surface area contributed by atoms with Gasteiger partial charge >= 0.3 is 5.97 Å². The van der Waals surface area contributed by atoms with Crippen molar-refractivity contribution in [2.75, 3.05) is 11.9 Å². The van der Waals surface area contributed by atoms with Crippen molar-refractivity contribution >= 4 is 41.0 Å². The van der Waals surface area contributed by atoms with Crippen LogP contribution in [0.3, 0.4) is 0 Å². The number of guanidine groups is 1. The average Bonchev–Trinajstić information content (AvgIpc) is 2.90. The van der Waals surface area contributed by atoms with Crippen LogP contribution in [0.1, 0.15) is 29.4 Å². The van der Waals surface area contributed by atoms with Gasteiger partial charge in [0, 0.05) is 23.2 Å². The summed E-state index contributed by atoms with van der Waals surface area (Å²) >= 11 is 6.00. The molecule has 2 heterocycles. The number of carboxylic acid groups (broad SMARTS) is 1. The zero-order valence-electron chi connectivity index (χ0n) is 19.8. The highest BCUT2D eigenvalue weighted by Gasteiger charge is 2.33. The number of anilines is 1. The summed E-state index contributed by atoms with van der Waals surface area (Å²) in [5, 5.41) is 15.6. The minimum Gasteiger partial charge on any atom is -0.477 e. The lowest BCUT2D eigenvalue weighted by atomic mass is 10.1. The van der Waals surface area contributed by atoms with E-state index in [2.05, 4.69) is 20.6 Å². The normalized spacial score (nSPS) is 15.1. The molecule has 0 saturated heterocycles. The van der Waals surface area contributed by atoms with Gasteiger partial charge in [0.15, 0.2) is 5.69 Å². The van der Waals surface area contributed by atoms with E-state index in [0.29, 0.717) is 22.4 Å². The van der Waals surface area contributed by atoms with Gasteiger partial charge in [0.1, 0.15) is 11.8 Å². The minimum absolute atomic E-state index is 0.108. The number of carboxylic acids is 1. The highest BCUT2D eigenvalue weighted by molar-refractivity contribution is 6.30. The Hall–Kier alpha value is -4.44. The first-order valence-electron chi connectivity index (χ1n) is 11.5. The maximum absolute atomic E-state index is 13.3. The molecule has 0 saturated carbocycles. The number of aliphatic imine (C=N–C) groups is 1. The van der Waals surface area contributed by atoms with E-state index in [0.717, 1.165) is 5.56 Å². The summed E-state index contributed by atoms with van der Waals surface area (Å²) in [4.78, 5) is 46.3. The first-order chi connectivity index (χ1) is 17.8. The Balaban J connectivity index is 1.50. The monoisotopic (exact) mass is 521 g/mol. The summed E-state index contributed by atoms with van der Waals surface area (Å²) < 4.78 is 5.65. The van der Waals surface area contributed by atoms with Gasteiger partial charge in [0.05, 0.1) is 13.1 Å². The van der Waals surface area contributed by atoms with E-state index in [1.807, 2.05) is 12.1 Å². The second-order valence-corrected chi connectivity index (χ2v) is 8.54. The van der Waals surface area contributed by atoms with Crippen molar-refractivity contribution in [3.05, 3.63) is 83.0 Å². The summed E-state index contributed by atoms with van der Waals surface area (Å²) in [6.07, 6.45) is 0.264. The van der Waals surface area contributed by atoms with Gasteiger partial charge in [0.2, 0.25) is 17.7 Å². The fourth-order valence-electron chi connectivity index (χ4n) is 3.52. The number of pyridine rings is 1. The van der Waals surface area contributed by atoms with Crippen molar-refractivity contribution in [2.24, 2.45) is 4.99 Å². The molecule has 3 N–H and O–H groups in total. The Morgan fingerprint density at radius 3 is 2.51 bits per heavy atom. The highest BCUT2D eigenvalue weighted by atomic mass is 35.5. The zero-order valence-corrected chi connectivity index (χ0v) is 20.6. The molecule has 37 heavy (non-hydrogen) atoms. The Morgan fingerprint density at radius 1 is 1.11 bits per heavy atom. The van der Waals surface area contributed by atoms with Crippen LogP contribution in [0.4, 0.5) is 5.69 Å². The van der Waals surface area contributed by atoms with Crippen LogP contribution in [-0.2, 0) is 16.1 Å². The van der Waals surface area contributed by atoms with E-state index in [1.165, 1.54) is 11.0 Å². The smallest absolute Gasteiger partial charge is 0.354 e. The van der Waals surface area contributed by atoms with Crippen LogP contribution in [0, 0.1) is 0 Å². The third kappa shape index (κ3) is 6.62. The van der Waals surface area contributed by atoms with Gasteiger partial charge in [-0.2, -0.15) is 0 Å². The predicted octanol–water partition coefficient (Wildman–Crippen LogP) is 3.93. The van der Waals surface area contributed by atoms with Crippen LogP contribution in [0.5, 0.6) is 11.6 Å². The number of benzene rings is 2. The van der Waals surface area contributed by atoms with Gasteiger partial charge in [-0.25, -0.2) is 14.8 Å². The number of ether oxygens (including phenoxy) is 1. The average molecular weight is 522 g/mol. The number of rotatable bonds is 8. The van der Waals surface area contributed by atoms with E-state index >= 15 is 0 Å². The largest absolute Gasteiger partial charge is 0.477 e. The minimum atomic E-state index is -1.15. The summed E-state index contributed by atoms with van der Waals surface area (Å²) in [5.74, 6) is -0.715. The standard InChI is InChI=1S/C26H24ClN5O5/c1-2-22(33)30-21-14-28-26(32(24(21)34)15-16-6-8-17(27)9-7-16)29-18-10-12-19(13-11-18)37-23-5-3-4-20(31-23)25(35)36/h3-13,21H,2,14-15H2,1H3,(H,28,29)(H,30,33)(H,35,36). The van der Waals surface area contributed by atoms with E-state index < -0.39 is 12.0 Å². The highest BCUT2D eigenvalue weighted by Crippen LogP contribution is 2.23. The Bertz CT molecular complexity index is 1330. The van der Waals surface area contributed by atoms with Gasteiger partial charge in [-0.15, -0.1) is 0 Å². The maximum atomic E-state index is 13.3. The topological polar surface area (TPSA) is 133 Å². The van der Waals surface area contributed by atoms with Crippen molar-refractivity contribution in [1.29, 1.82) is 0 Å². The number of amides is 2. The molecule has 0 aliphatic carbocycles. The molecule has 1 aliphatic rings. The summed E-state index contributed by atoms with van der Waals surface area (Å²) in [7, 11) is 0. The van der Waals surface area contributed by atoms with E-state index in [9.17, 15) is 14.4 Å². The molecule has 190 valence electrons. The number of hydrogen-bond acceptors (Lipinski definition) is 7. The van der Waals surface area contributed by atoms with E-state index in [-0.39, 0.29) is 42.9 Å². The SMILES string of the molecule is CCC(=O)NC1CN=C(Nc2ccc(Oc3cccc(C(=O)O)n3)cc2)N(Cc2ccc(Cl)cc2)C1=O. The summed E-state index contributed by atoms with van der Waals surface area (Å²) in [5.41, 5.74) is 1.36. The van der Waals surface area contributed by atoms with Crippen molar-refractivity contribution in [2.45, 2.75) is 25.9 Å². The Labute approximate surface area is 217 Å². The summed E-state index contributed by atoms with van der Waals surface area (Å²) in [6, 6.07) is 17.7. The quantitative estimate of drug-likeness (QED) is 0.409. The molecule has 0 spiro atoms. The molecule has 1 aliphatic heterocycles. The molecule has 0 fully saturated rings. The fourth-order valence-corrected chi connectivity index (χ4v) is 3.64. The molecule has 2 aromatic carbocycles. The van der Waals surface area contributed by atoms with Gasteiger partial charge in [-0.1, -0.05) is 36.7 Å². The van der Waals surface area contributed by atoms with Crippen LogP contribution in [0.2, 0.25) is 5.02 Å².